The van der Waals surface area contributed by atoms with E-state index in [-0.39, 0.29) is 5.92 Å². The minimum Gasteiger partial charge on any atom is -0.399 e. The summed E-state index contributed by atoms with van der Waals surface area (Å²) in [6.07, 6.45) is 3.72. The van der Waals surface area contributed by atoms with E-state index in [4.69, 9.17) is 11.5 Å². The van der Waals surface area contributed by atoms with Crippen molar-refractivity contribution >= 4 is 11.4 Å². The Bertz CT molecular complexity index is 1270. The molecule has 160 valence electrons. The van der Waals surface area contributed by atoms with Gasteiger partial charge in [0, 0.05) is 29.7 Å². The van der Waals surface area contributed by atoms with Crippen molar-refractivity contribution in [2.45, 2.75) is 5.92 Å². The number of nitrogen functional groups attached to an aromatic ring is 2. The van der Waals surface area contributed by atoms with Crippen LogP contribution in [0.2, 0.25) is 0 Å². The zero-order valence-corrected chi connectivity index (χ0v) is 18.2. The van der Waals surface area contributed by atoms with Crippen LogP contribution < -0.4 is 11.5 Å². The molecule has 0 saturated heterocycles. The first-order valence-electron chi connectivity index (χ1n) is 11.0. The van der Waals surface area contributed by atoms with Crippen LogP contribution in [-0.2, 0) is 0 Å². The Balaban J connectivity index is 1.75. The molecule has 3 heteroatoms. The molecule has 0 amide bonds. The Labute approximate surface area is 194 Å². The van der Waals surface area contributed by atoms with E-state index in [0.717, 1.165) is 22.5 Å². The Morgan fingerprint density at radius 1 is 0.485 bits per heavy atom. The van der Waals surface area contributed by atoms with Gasteiger partial charge in [-0.15, -0.1) is 0 Å². The van der Waals surface area contributed by atoms with Gasteiger partial charge in [0.2, 0.25) is 0 Å². The molecule has 0 radical (unpaired) electrons. The van der Waals surface area contributed by atoms with Crippen LogP contribution >= 0.6 is 0 Å². The molecular weight excluding hydrogens is 402 g/mol. The quantitative estimate of drug-likeness (QED) is 0.305. The second-order valence-electron chi connectivity index (χ2n) is 8.13. The molecule has 5 rings (SSSR count). The van der Waals surface area contributed by atoms with Crippen molar-refractivity contribution in [3.63, 3.8) is 0 Å². The number of nitrogens with zero attached hydrogens (tertiary/aromatic N) is 1. The monoisotopic (exact) mass is 427 g/mol. The molecule has 0 aliphatic heterocycles. The van der Waals surface area contributed by atoms with Crippen LogP contribution in [0.1, 0.15) is 22.6 Å². The lowest BCUT2D eigenvalue weighted by Gasteiger charge is -2.24. The van der Waals surface area contributed by atoms with Crippen LogP contribution in [0.25, 0.3) is 22.3 Å². The Morgan fingerprint density at radius 2 is 0.909 bits per heavy atom. The van der Waals surface area contributed by atoms with E-state index < -0.39 is 0 Å². The average molecular weight is 428 g/mol. The average Bonchev–Trinajstić information content (AvgIpc) is 2.87. The zero-order chi connectivity index (χ0) is 22.6. The lowest BCUT2D eigenvalue weighted by molar-refractivity contribution is 0.975. The Morgan fingerprint density at radius 3 is 1.36 bits per heavy atom. The number of rotatable bonds is 5. The molecule has 4 aromatic carbocycles. The maximum absolute atomic E-state index is 5.96. The van der Waals surface area contributed by atoms with Gasteiger partial charge in [-0.2, -0.15) is 0 Å². The predicted molar refractivity (Wildman–Crippen MR) is 138 cm³/mol. The normalized spacial score (nSPS) is 10.9. The molecule has 1 heterocycles. The summed E-state index contributed by atoms with van der Waals surface area (Å²) in [4.78, 5) is 4.27. The van der Waals surface area contributed by atoms with E-state index in [1.54, 1.807) is 0 Å². The van der Waals surface area contributed by atoms with Gasteiger partial charge in [-0.1, -0.05) is 72.8 Å². The summed E-state index contributed by atoms with van der Waals surface area (Å²) >= 11 is 0. The van der Waals surface area contributed by atoms with Gasteiger partial charge < -0.3 is 11.5 Å². The number of nitrogens with two attached hydrogens (primary N) is 2. The van der Waals surface area contributed by atoms with Gasteiger partial charge in [-0.25, -0.2) is 0 Å². The van der Waals surface area contributed by atoms with E-state index in [1.165, 1.54) is 27.8 Å². The summed E-state index contributed by atoms with van der Waals surface area (Å²) in [5.74, 6) is 0.0236. The van der Waals surface area contributed by atoms with Crippen molar-refractivity contribution in [1.82, 2.24) is 4.98 Å². The molecule has 0 spiro atoms. The number of benzene rings is 4. The fourth-order valence-corrected chi connectivity index (χ4v) is 4.43. The van der Waals surface area contributed by atoms with Gasteiger partial charge in [-0.3, -0.25) is 4.98 Å². The first-order chi connectivity index (χ1) is 16.2. The summed E-state index contributed by atoms with van der Waals surface area (Å²) in [6.45, 7) is 0. The third-order valence-corrected chi connectivity index (χ3v) is 6.03. The highest BCUT2D eigenvalue weighted by Crippen LogP contribution is 2.41. The molecule has 3 nitrogen and oxygen atoms in total. The van der Waals surface area contributed by atoms with E-state index in [1.807, 2.05) is 36.7 Å². The molecule has 33 heavy (non-hydrogen) atoms. The van der Waals surface area contributed by atoms with Crippen LogP contribution in [-0.4, -0.2) is 4.98 Å². The summed E-state index contributed by atoms with van der Waals surface area (Å²) in [6, 6.07) is 37.6. The largest absolute Gasteiger partial charge is 0.399 e. The zero-order valence-electron chi connectivity index (χ0n) is 18.2. The topological polar surface area (TPSA) is 64.9 Å². The lowest BCUT2D eigenvalue weighted by Crippen LogP contribution is -2.07. The SMILES string of the molecule is Nc1ccc(-c2ccccc2C(c2ccncc2)c2ccccc2-c2ccc(N)cc2)cc1. The maximum atomic E-state index is 5.96. The maximum Gasteiger partial charge on any atom is 0.0353 e. The Kier molecular flexibility index (Phi) is 5.61. The van der Waals surface area contributed by atoms with Gasteiger partial charge in [-0.05, 0) is 75.3 Å². The molecule has 1 aromatic heterocycles. The minimum atomic E-state index is 0.0236. The molecule has 0 saturated carbocycles. The van der Waals surface area contributed by atoms with Crippen LogP contribution in [0.4, 0.5) is 11.4 Å². The van der Waals surface area contributed by atoms with Crippen molar-refractivity contribution in [3.8, 4) is 22.3 Å². The number of aromatic nitrogens is 1. The van der Waals surface area contributed by atoms with Gasteiger partial charge in [0.25, 0.3) is 0 Å². The van der Waals surface area contributed by atoms with Gasteiger partial charge in [0.05, 0.1) is 0 Å². The first kappa shape index (κ1) is 20.5. The van der Waals surface area contributed by atoms with Gasteiger partial charge in [0.1, 0.15) is 0 Å². The van der Waals surface area contributed by atoms with Crippen molar-refractivity contribution in [2.75, 3.05) is 11.5 Å². The number of hydrogen-bond acceptors (Lipinski definition) is 3. The number of pyridine rings is 1. The Hall–Kier alpha value is -4.37. The van der Waals surface area contributed by atoms with Crippen molar-refractivity contribution in [1.29, 1.82) is 0 Å². The second kappa shape index (κ2) is 9.01. The minimum absolute atomic E-state index is 0.0236. The molecular formula is C30H25N3. The molecule has 0 unspecified atom stereocenters. The highest BCUT2D eigenvalue weighted by atomic mass is 14.6. The predicted octanol–water partition coefficient (Wildman–Crippen LogP) is 6.76. The molecule has 0 bridgehead atoms. The van der Waals surface area contributed by atoms with E-state index in [2.05, 4.69) is 89.9 Å². The van der Waals surface area contributed by atoms with Crippen LogP contribution in [0, 0.1) is 0 Å². The fourth-order valence-electron chi connectivity index (χ4n) is 4.43. The summed E-state index contributed by atoms with van der Waals surface area (Å²) in [5.41, 5.74) is 21.8. The highest BCUT2D eigenvalue weighted by molar-refractivity contribution is 5.75. The molecule has 0 aliphatic carbocycles. The third kappa shape index (κ3) is 4.21. The number of hydrogen-bond donors (Lipinski definition) is 2. The van der Waals surface area contributed by atoms with Gasteiger partial charge in [0.15, 0.2) is 0 Å². The van der Waals surface area contributed by atoms with Crippen molar-refractivity contribution in [3.05, 3.63) is 138 Å². The third-order valence-electron chi connectivity index (χ3n) is 6.03. The molecule has 4 N–H and O–H groups in total. The molecule has 0 fully saturated rings. The summed E-state index contributed by atoms with van der Waals surface area (Å²) in [5, 5.41) is 0. The van der Waals surface area contributed by atoms with Crippen LogP contribution in [0.15, 0.2) is 122 Å². The lowest BCUT2D eigenvalue weighted by atomic mass is 9.79. The molecule has 5 aromatic rings. The van der Waals surface area contributed by atoms with E-state index in [9.17, 15) is 0 Å². The van der Waals surface area contributed by atoms with E-state index in [0.29, 0.717) is 0 Å². The first-order valence-corrected chi connectivity index (χ1v) is 11.0. The summed E-state index contributed by atoms with van der Waals surface area (Å²) < 4.78 is 0. The molecule has 0 aliphatic rings. The van der Waals surface area contributed by atoms with Crippen molar-refractivity contribution in [2.24, 2.45) is 0 Å². The van der Waals surface area contributed by atoms with Crippen molar-refractivity contribution < 1.29 is 0 Å². The number of anilines is 2. The standard InChI is InChI=1S/C30H25N3/c31-24-13-9-21(10-14-24)26-5-1-3-7-28(26)30(23-17-19-33-20-18-23)29-8-4-2-6-27(29)22-11-15-25(32)16-12-22/h1-20,30H,31-32H2. The smallest absolute Gasteiger partial charge is 0.0353 e. The highest BCUT2D eigenvalue weighted by Gasteiger charge is 2.23. The summed E-state index contributed by atoms with van der Waals surface area (Å²) in [7, 11) is 0. The fraction of sp³-hybridized carbons (Fsp3) is 0.0333. The van der Waals surface area contributed by atoms with E-state index >= 15 is 0 Å². The van der Waals surface area contributed by atoms with Gasteiger partial charge >= 0.3 is 0 Å². The van der Waals surface area contributed by atoms with Crippen LogP contribution in [0.3, 0.4) is 0 Å². The second-order valence-corrected chi connectivity index (χ2v) is 8.13. The van der Waals surface area contributed by atoms with Crippen LogP contribution in [0.5, 0.6) is 0 Å². The molecule has 0 atom stereocenters.